The Balaban J connectivity index is 1.61. The van der Waals surface area contributed by atoms with Crippen molar-refractivity contribution in [3.63, 3.8) is 0 Å². The second-order valence-electron chi connectivity index (χ2n) is 6.74. The van der Waals surface area contributed by atoms with Gasteiger partial charge in [0.15, 0.2) is 0 Å². The molecule has 1 fully saturated rings. The van der Waals surface area contributed by atoms with Crippen molar-refractivity contribution in [3.05, 3.63) is 63.1 Å². The lowest BCUT2D eigenvalue weighted by atomic mass is 10.1. The average molecular weight is 423 g/mol. The minimum atomic E-state index is 0.551. The molecule has 25 heavy (non-hydrogen) atoms. The van der Waals surface area contributed by atoms with E-state index >= 15 is 0 Å². The zero-order valence-corrected chi connectivity index (χ0v) is 16.8. The molecule has 0 unspecified atom stereocenters. The molecule has 134 valence electrons. The van der Waals surface area contributed by atoms with Gasteiger partial charge in [0.1, 0.15) is 12.4 Å². The van der Waals surface area contributed by atoms with Crippen LogP contribution >= 0.6 is 27.5 Å². The van der Waals surface area contributed by atoms with Crippen LogP contribution in [0.15, 0.2) is 46.9 Å². The second kappa shape index (κ2) is 9.61. The third-order valence-corrected chi connectivity index (χ3v) is 5.51. The van der Waals surface area contributed by atoms with Crippen molar-refractivity contribution in [2.75, 3.05) is 0 Å². The summed E-state index contributed by atoms with van der Waals surface area (Å²) in [6.07, 6.45) is 8.02. The Kier molecular flexibility index (Phi) is 7.21. The summed E-state index contributed by atoms with van der Waals surface area (Å²) in [6, 6.07) is 14.7. The highest BCUT2D eigenvalue weighted by Gasteiger charge is 2.13. The molecule has 0 aliphatic heterocycles. The molecule has 2 nitrogen and oxygen atoms in total. The summed E-state index contributed by atoms with van der Waals surface area (Å²) in [4.78, 5) is 0. The molecule has 0 heterocycles. The summed E-state index contributed by atoms with van der Waals surface area (Å²) in [5.41, 5.74) is 2.32. The molecule has 3 rings (SSSR count). The van der Waals surface area contributed by atoms with Crippen molar-refractivity contribution in [2.45, 2.75) is 57.7 Å². The lowest BCUT2D eigenvalue weighted by Crippen LogP contribution is -2.28. The monoisotopic (exact) mass is 421 g/mol. The number of hydrogen-bond acceptors (Lipinski definition) is 2. The zero-order valence-electron chi connectivity index (χ0n) is 14.4. The highest BCUT2D eigenvalue weighted by molar-refractivity contribution is 9.10. The standard InChI is InChI=1S/C21H25BrClNO/c22-18-9-12-21(25-15-16-7-10-19(23)11-8-16)17(13-18)14-24-20-5-3-1-2-4-6-20/h7-13,20,24H,1-6,14-15H2. The number of halogens is 2. The molecule has 0 aromatic heterocycles. The fourth-order valence-corrected chi connectivity index (χ4v) is 3.84. The van der Waals surface area contributed by atoms with Gasteiger partial charge >= 0.3 is 0 Å². The van der Waals surface area contributed by atoms with Gasteiger partial charge in [-0.25, -0.2) is 0 Å². The molecule has 1 aliphatic rings. The Morgan fingerprint density at radius 3 is 2.44 bits per heavy atom. The van der Waals surface area contributed by atoms with Crippen LogP contribution in [0.1, 0.15) is 49.7 Å². The number of benzene rings is 2. The number of hydrogen-bond donors (Lipinski definition) is 1. The Morgan fingerprint density at radius 1 is 1.00 bits per heavy atom. The predicted molar refractivity (Wildman–Crippen MR) is 108 cm³/mol. The Hall–Kier alpha value is -1.03. The van der Waals surface area contributed by atoms with E-state index in [1.807, 2.05) is 36.4 Å². The van der Waals surface area contributed by atoms with Gasteiger partial charge in [0.2, 0.25) is 0 Å². The lowest BCUT2D eigenvalue weighted by Gasteiger charge is -2.18. The molecule has 4 heteroatoms. The second-order valence-corrected chi connectivity index (χ2v) is 8.09. The summed E-state index contributed by atoms with van der Waals surface area (Å²) in [7, 11) is 0. The Bertz CT molecular complexity index is 666. The van der Waals surface area contributed by atoms with Crippen LogP contribution in [0.4, 0.5) is 0 Å². The maximum absolute atomic E-state index is 6.08. The summed E-state index contributed by atoms with van der Waals surface area (Å²) in [5, 5.41) is 4.48. The fourth-order valence-electron chi connectivity index (χ4n) is 3.31. The lowest BCUT2D eigenvalue weighted by molar-refractivity contribution is 0.301. The number of rotatable bonds is 6. The molecule has 2 aromatic carbocycles. The van der Waals surface area contributed by atoms with Crippen molar-refractivity contribution in [2.24, 2.45) is 0 Å². The summed E-state index contributed by atoms with van der Waals surface area (Å²) in [5.74, 6) is 0.944. The van der Waals surface area contributed by atoms with Crippen molar-refractivity contribution in [1.82, 2.24) is 5.32 Å². The highest BCUT2D eigenvalue weighted by atomic mass is 79.9. The van der Waals surface area contributed by atoms with E-state index in [1.54, 1.807) is 0 Å². The molecule has 1 aliphatic carbocycles. The normalized spacial score (nSPS) is 15.8. The first kappa shape index (κ1) is 18.8. The van der Waals surface area contributed by atoms with Crippen LogP contribution in [0.5, 0.6) is 5.75 Å². The molecule has 0 spiro atoms. The van der Waals surface area contributed by atoms with Gasteiger partial charge in [-0.15, -0.1) is 0 Å². The first-order valence-corrected chi connectivity index (χ1v) is 10.3. The maximum Gasteiger partial charge on any atom is 0.124 e. The van der Waals surface area contributed by atoms with Gasteiger partial charge in [0.25, 0.3) is 0 Å². The topological polar surface area (TPSA) is 21.3 Å². The van der Waals surface area contributed by atoms with Crippen LogP contribution in [0, 0.1) is 0 Å². The Morgan fingerprint density at radius 2 is 1.72 bits per heavy atom. The molecule has 0 atom stereocenters. The molecule has 1 saturated carbocycles. The van der Waals surface area contributed by atoms with E-state index in [0.717, 1.165) is 27.4 Å². The third kappa shape index (κ3) is 6.02. The van der Waals surface area contributed by atoms with Gasteiger partial charge < -0.3 is 10.1 Å². The molecule has 1 N–H and O–H groups in total. The minimum absolute atomic E-state index is 0.551. The van der Waals surface area contributed by atoms with E-state index < -0.39 is 0 Å². The highest BCUT2D eigenvalue weighted by Crippen LogP contribution is 2.25. The van der Waals surface area contributed by atoms with Gasteiger partial charge in [0, 0.05) is 27.6 Å². The number of ether oxygens (including phenoxy) is 1. The minimum Gasteiger partial charge on any atom is -0.489 e. The van der Waals surface area contributed by atoms with Gasteiger partial charge in [-0.1, -0.05) is 65.3 Å². The quantitative estimate of drug-likeness (QED) is 0.537. The maximum atomic E-state index is 6.08. The van der Waals surface area contributed by atoms with E-state index in [4.69, 9.17) is 16.3 Å². The Labute approximate surface area is 164 Å². The van der Waals surface area contributed by atoms with Crippen molar-refractivity contribution >= 4 is 27.5 Å². The first-order valence-electron chi connectivity index (χ1n) is 9.10. The largest absolute Gasteiger partial charge is 0.489 e. The zero-order chi connectivity index (χ0) is 17.5. The first-order chi connectivity index (χ1) is 12.2. The van der Waals surface area contributed by atoms with Crippen molar-refractivity contribution < 1.29 is 4.74 Å². The van der Waals surface area contributed by atoms with E-state index in [2.05, 4.69) is 27.3 Å². The molecule has 0 bridgehead atoms. The van der Waals surface area contributed by atoms with Crippen molar-refractivity contribution in [3.8, 4) is 5.75 Å². The van der Waals surface area contributed by atoms with Gasteiger partial charge in [0.05, 0.1) is 0 Å². The van der Waals surface area contributed by atoms with E-state index in [0.29, 0.717) is 12.6 Å². The van der Waals surface area contributed by atoms with Crippen LogP contribution < -0.4 is 10.1 Å². The fraction of sp³-hybridized carbons (Fsp3) is 0.429. The van der Waals surface area contributed by atoms with Crippen LogP contribution in [0.25, 0.3) is 0 Å². The molecular formula is C21H25BrClNO. The van der Waals surface area contributed by atoms with Crippen molar-refractivity contribution in [1.29, 1.82) is 0 Å². The van der Waals surface area contributed by atoms with Crippen LogP contribution in [-0.4, -0.2) is 6.04 Å². The smallest absolute Gasteiger partial charge is 0.124 e. The molecular weight excluding hydrogens is 398 g/mol. The molecule has 0 saturated heterocycles. The van der Waals surface area contributed by atoms with Crippen LogP contribution in [0.2, 0.25) is 5.02 Å². The average Bonchev–Trinajstić information content (AvgIpc) is 2.89. The molecule has 2 aromatic rings. The van der Waals surface area contributed by atoms with Gasteiger partial charge in [-0.05, 0) is 48.7 Å². The molecule has 0 radical (unpaired) electrons. The van der Waals surface area contributed by atoms with Crippen LogP contribution in [-0.2, 0) is 13.2 Å². The van der Waals surface area contributed by atoms with E-state index in [9.17, 15) is 0 Å². The van der Waals surface area contributed by atoms with Crippen LogP contribution in [0.3, 0.4) is 0 Å². The molecule has 0 amide bonds. The van der Waals surface area contributed by atoms with Gasteiger partial charge in [-0.2, -0.15) is 0 Å². The number of nitrogens with one attached hydrogen (secondary N) is 1. The summed E-state index contributed by atoms with van der Waals surface area (Å²) in [6.45, 7) is 1.40. The third-order valence-electron chi connectivity index (χ3n) is 4.77. The van der Waals surface area contributed by atoms with E-state index in [-0.39, 0.29) is 0 Å². The SMILES string of the molecule is Clc1ccc(COc2ccc(Br)cc2CNC2CCCCCC2)cc1. The van der Waals surface area contributed by atoms with E-state index in [1.165, 1.54) is 44.1 Å². The summed E-state index contributed by atoms with van der Waals surface area (Å²) >= 11 is 9.52. The van der Waals surface area contributed by atoms with Gasteiger partial charge in [-0.3, -0.25) is 0 Å². The summed E-state index contributed by atoms with van der Waals surface area (Å²) < 4.78 is 7.17. The predicted octanol–water partition coefficient (Wildman–Crippen LogP) is 6.49.